The van der Waals surface area contributed by atoms with Gasteiger partial charge in [0.25, 0.3) is 0 Å². The van der Waals surface area contributed by atoms with Crippen molar-refractivity contribution in [2.75, 3.05) is 32.8 Å². The second-order valence-corrected chi connectivity index (χ2v) is 7.44. The van der Waals surface area contributed by atoms with E-state index < -0.39 is 0 Å². The summed E-state index contributed by atoms with van der Waals surface area (Å²) < 4.78 is 21.5. The number of ether oxygens (including phenoxy) is 1. The van der Waals surface area contributed by atoms with Crippen LogP contribution in [0, 0.1) is 5.82 Å². The van der Waals surface area contributed by atoms with E-state index in [1.165, 1.54) is 12.1 Å². The van der Waals surface area contributed by atoms with E-state index in [-0.39, 0.29) is 30.6 Å². The average molecular weight is 473 g/mol. The first-order valence-corrected chi connectivity index (χ1v) is 10.2. The van der Waals surface area contributed by atoms with Crippen LogP contribution in [0.1, 0.15) is 0 Å². The van der Waals surface area contributed by atoms with Crippen molar-refractivity contribution in [3.63, 3.8) is 0 Å². The van der Waals surface area contributed by atoms with E-state index in [9.17, 15) is 4.39 Å². The van der Waals surface area contributed by atoms with Gasteiger partial charge in [0.2, 0.25) is 0 Å². The van der Waals surface area contributed by atoms with Crippen LogP contribution >= 0.6 is 0 Å². The summed E-state index contributed by atoms with van der Waals surface area (Å²) in [4.78, 5) is 11.3. The van der Waals surface area contributed by atoms with Gasteiger partial charge >= 0.3 is 0 Å². The molecule has 0 aliphatic carbocycles. The highest BCUT2D eigenvalue weighted by Crippen LogP contribution is 2.39. The number of pyridine rings is 2. The molecule has 3 aromatic heterocycles. The fourth-order valence-electron chi connectivity index (χ4n) is 4.17. The van der Waals surface area contributed by atoms with Gasteiger partial charge in [-0.05, 0) is 42.0 Å². The van der Waals surface area contributed by atoms with Crippen molar-refractivity contribution >= 4 is 11.0 Å². The number of rotatable bonds is 5. The Kier molecular flexibility index (Phi) is 8.21. The van der Waals surface area contributed by atoms with Crippen molar-refractivity contribution in [1.29, 1.82) is 0 Å². The zero-order valence-corrected chi connectivity index (χ0v) is 18.9. The molecule has 5 rings (SSSR count). The first-order chi connectivity index (χ1) is 14.8. The SMILES string of the molecule is Fc1ccc(-c2c(-c3ccncc3)n(CCN3CCOCC3)c3cccnc23)cc1.[Cl-].[Cl-]. The Bertz CT molecular complexity index is 1150. The second kappa shape index (κ2) is 10.9. The minimum Gasteiger partial charge on any atom is -1.00 e. The van der Waals surface area contributed by atoms with E-state index in [4.69, 9.17) is 9.72 Å². The maximum absolute atomic E-state index is 13.6. The molecule has 8 heteroatoms. The van der Waals surface area contributed by atoms with Gasteiger partial charge in [-0.25, -0.2) is 4.39 Å². The molecule has 1 aromatic carbocycles. The molecule has 32 heavy (non-hydrogen) atoms. The number of hydrogen-bond acceptors (Lipinski definition) is 4. The van der Waals surface area contributed by atoms with E-state index in [1.54, 1.807) is 12.4 Å². The van der Waals surface area contributed by atoms with Crippen LogP contribution in [0.25, 0.3) is 33.4 Å². The van der Waals surface area contributed by atoms with E-state index in [1.807, 2.05) is 36.5 Å². The normalized spacial score (nSPS) is 14.0. The van der Waals surface area contributed by atoms with Gasteiger partial charge in [-0.1, -0.05) is 12.1 Å². The Labute approximate surface area is 199 Å². The zero-order valence-electron chi connectivity index (χ0n) is 17.4. The molecule has 0 spiro atoms. The molecule has 0 saturated carbocycles. The van der Waals surface area contributed by atoms with Crippen molar-refractivity contribution in [3.8, 4) is 22.4 Å². The lowest BCUT2D eigenvalue weighted by Gasteiger charge is -2.27. The average Bonchev–Trinajstić information content (AvgIpc) is 3.14. The molecule has 1 saturated heterocycles. The number of hydrogen-bond donors (Lipinski definition) is 0. The maximum atomic E-state index is 13.6. The van der Waals surface area contributed by atoms with Crippen molar-refractivity contribution in [1.82, 2.24) is 19.4 Å². The molecule has 4 heterocycles. The Morgan fingerprint density at radius 2 is 1.56 bits per heavy atom. The predicted octanol–water partition coefficient (Wildman–Crippen LogP) is -1.76. The van der Waals surface area contributed by atoms with Crippen LogP contribution in [0.4, 0.5) is 4.39 Å². The molecule has 1 fully saturated rings. The van der Waals surface area contributed by atoms with Crippen molar-refractivity contribution < 1.29 is 33.9 Å². The summed E-state index contributed by atoms with van der Waals surface area (Å²) in [5.41, 5.74) is 6.15. The Hall–Kier alpha value is -2.51. The van der Waals surface area contributed by atoms with Gasteiger partial charge in [0.1, 0.15) is 5.82 Å². The highest BCUT2D eigenvalue weighted by atomic mass is 35.5. The third kappa shape index (κ3) is 4.79. The predicted molar refractivity (Wildman–Crippen MR) is 116 cm³/mol. The van der Waals surface area contributed by atoms with Crippen molar-refractivity contribution in [2.24, 2.45) is 0 Å². The van der Waals surface area contributed by atoms with Crippen LogP contribution in [0.15, 0.2) is 67.1 Å². The molecule has 1 aliphatic heterocycles. The largest absolute Gasteiger partial charge is 1.00 e. The summed E-state index contributed by atoms with van der Waals surface area (Å²) in [7, 11) is 0. The highest BCUT2D eigenvalue weighted by Gasteiger charge is 2.21. The number of benzene rings is 1. The van der Waals surface area contributed by atoms with Gasteiger partial charge in [-0.3, -0.25) is 14.9 Å². The molecule has 0 amide bonds. The van der Waals surface area contributed by atoms with Crippen LogP contribution in [-0.2, 0) is 11.3 Å². The topological polar surface area (TPSA) is 43.2 Å². The summed E-state index contributed by atoms with van der Waals surface area (Å²) in [6.07, 6.45) is 5.43. The number of nitrogens with zero attached hydrogens (tertiary/aromatic N) is 4. The monoisotopic (exact) mass is 472 g/mol. The number of fused-ring (bicyclic) bond motifs is 1. The summed E-state index contributed by atoms with van der Waals surface area (Å²) in [5, 5.41) is 0. The van der Waals surface area contributed by atoms with Gasteiger partial charge in [0, 0.05) is 55.9 Å². The van der Waals surface area contributed by atoms with E-state index in [0.717, 1.165) is 72.8 Å². The van der Waals surface area contributed by atoms with Gasteiger partial charge < -0.3 is 34.1 Å². The van der Waals surface area contributed by atoms with Crippen LogP contribution in [0.2, 0.25) is 0 Å². The summed E-state index contributed by atoms with van der Waals surface area (Å²) in [6, 6.07) is 14.8. The number of morpholine rings is 1. The third-order valence-electron chi connectivity index (χ3n) is 5.65. The minimum atomic E-state index is -0.242. The van der Waals surface area contributed by atoms with Crippen molar-refractivity contribution in [3.05, 3.63) is 72.9 Å². The molecular formula is C24H23Cl2FN4O-2. The Morgan fingerprint density at radius 1 is 0.844 bits per heavy atom. The van der Waals surface area contributed by atoms with Crippen LogP contribution < -0.4 is 24.8 Å². The molecule has 0 unspecified atom stereocenters. The maximum Gasteiger partial charge on any atom is 0.123 e. The first kappa shape index (κ1) is 24.1. The first-order valence-electron chi connectivity index (χ1n) is 10.2. The lowest BCUT2D eigenvalue weighted by molar-refractivity contribution is -0.00100. The number of aromatic nitrogens is 3. The van der Waals surface area contributed by atoms with E-state index in [2.05, 4.69) is 20.5 Å². The smallest absolute Gasteiger partial charge is 0.123 e. The molecular weight excluding hydrogens is 450 g/mol. The fraction of sp³-hybridized carbons (Fsp3) is 0.250. The molecule has 0 N–H and O–H groups in total. The lowest BCUT2D eigenvalue weighted by Crippen LogP contribution is -3.00. The zero-order chi connectivity index (χ0) is 20.3. The lowest BCUT2D eigenvalue weighted by atomic mass is 10.0. The molecule has 0 atom stereocenters. The van der Waals surface area contributed by atoms with Gasteiger partial charge in [-0.15, -0.1) is 0 Å². The van der Waals surface area contributed by atoms with Crippen LogP contribution in [0.5, 0.6) is 0 Å². The Morgan fingerprint density at radius 3 is 2.28 bits per heavy atom. The number of halogens is 3. The second-order valence-electron chi connectivity index (χ2n) is 7.44. The summed E-state index contributed by atoms with van der Waals surface area (Å²) in [5.74, 6) is -0.242. The quantitative estimate of drug-likeness (QED) is 0.345. The fourth-order valence-corrected chi connectivity index (χ4v) is 4.17. The molecule has 168 valence electrons. The van der Waals surface area contributed by atoms with E-state index >= 15 is 0 Å². The van der Waals surface area contributed by atoms with E-state index in [0.29, 0.717) is 0 Å². The molecule has 1 aliphatic rings. The Balaban J connectivity index is 0.00000144. The van der Waals surface area contributed by atoms with Crippen LogP contribution in [0.3, 0.4) is 0 Å². The van der Waals surface area contributed by atoms with Gasteiger partial charge in [0.05, 0.1) is 29.9 Å². The van der Waals surface area contributed by atoms with Gasteiger partial charge in [-0.2, -0.15) is 0 Å². The molecule has 5 nitrogen and oxygen atoms in total. The molecule has 0 radical (unpaired) electrons. The van der Waals surface area contributed by atoms with Crippen LogP contribution in [-0.4, -0.2) is 52.3 Å². The van der Waals surface area contributed by atoms with Gasteiger partial charge in [0.15, 0.2) is 0 Å². The molecule has 0 bridgehead atoms. The van der Waals surface area contributed by atoms with Crippen molar-refractivity contribution in [2.45, 2.75) is 6.54 Å². The standard InChI is InChI=1S/C24H23FN4O.2ClH/c25-20-5-3-18(4-6-20)22-23-21(2-1-9-27-23)29(13-12-28-14-16-30-17-15-28)24(22)19-7-10-26-11-8-19;;/h1-11H,12-17H2;2*1H/p-2. The molecule has 4 aromatic rings. The minimum absolute atomic E-state index is 0. The summed E-state index contributed by atoms with van der Waals surface area (Å²) >= 11 is 0. The third-order valence-corrected chi connectivity index (χ3v) is 5.65. The summed E-state index contributed by atoms with van der Waals surface area (Å²) in [6.45, 7) is 5.24. The highest BCUT2D eigenvalue weighted by molar-refractivity contribution is 6.02.